The van der Waals surface area contributed by atoms with E-state index in [0.717, 1.165) is 5.56 Å². The molecule has 136 valence electrons. The van der Waals surface area contributed by atoms with Crippen molar-refractivity contribution < 1.29 is 22.4 Å². The van der Waals surface area contributed by atoms with Crippen molar-refractivity contribution in [1.29, 1.82) is 0 Å². The fourth-order valence-electron chi connectivity index (χ4n) is 2.80. The number of hydrogen-bond acceptors (Lipinski definition) is 5. The summed E-state index contributed by atoms with van der Waals surface area (Å²) < 4.78 is 35.9. The van der Waals surface area contributed by atoms with Crippen LogP contribution in [0.2, 0.25) is 0 Å². The van der Waals surface area contributed by atoms with Gasteiger partial charge in [0.1, 0.15) is 5.58 Å². The normalized spacial score (nSPS) is 11.6. The molecule has 2 aromatic carbocycles. The molecule has 5 nitrogen and oxygen atoms in total. The van der Waals surface area contributed by atoms with Crippen LogP contribution < -0.4 is 0 Å². The van der Waals surface area contributed by atoms with E-state index in [1.54, 1.807) is 26.0 Å². The van der Waals surface area contributed by atoms with Gasteiger partial charge in [0.05, 0.1) is 17.3 Å². The second kappa shape index (κ2) is 7.33. The topological polar surface area (TPSA) is 73.6 Å². The number of carbonyl (C=O) groups is 1. The number of esters is 1. The highest BCUT2D eigenvalue weighted by Gasteiger charge is 2.21. The fourth-order valence-corrected chi connectivity index (χ4v) is 4.11. The van der Waals surface area contributed by atoms with Gasteiger partial charge in [0.2, 0.25) is 5.76 Å². The van der Waals surface area contributed by atoms with E-state index in [0.29, 0.717) is 23.0 Å². The van der Waals surface area contributed by atoms with E-state index < -0.39 is 15.8 Å². The Kier molecular flexibility index (Phi) is 5.13. The minimum absolute atomic E-state index is 0.0180. The van der Waals surface area contributed by atoms with Crippen LogP contribution in [0.3, 0.4) is 0 Å². The van der Waals surface area contributed by atoms with Gasteiger partial charge < -0.3 is 9.15 Å². The molecule has 0 saturated heterocycles. The molecule has 0 unspecified atom stereocenters. The zero-order chi connectivity index (χ0) is 18.7. The molecule has 0 N–H and O–H groups in total. The number of fused-ring (bicyclic) bond motifs is 1. The molecule has 26 heavy (non-hydrogen) atoms. The highest BCUT2D eigenvalue weighted by atomic mass is 32.2. The fraction of sp³-hybridized carbons (Fsp3) is 0.250. The first-order chi connectivity index (χ1) is 12.4. The smallest absolute Gasteiger partial charge is 0.374 e. The predicted octanol–water partition coefficient (Wildman–Crippen LogP) is 3.93. The van der Waals surface area contributed by atoms with Crippen molar-refractivity contribution in [3.63, 3.8) is 0 Å². The second-order valence-electron chi connectivity index (χ2n) is 5.99. The van der Waals surface area contributed by atoms with Crippen molar-refractivity contribution in [1.82, 2.24) is 0 Å². The first kappa shape index (κ1) is 18.2. The minimum Gasteiger partial charge on any atom is -0.460 e. The molecule has 0 bridgehead atoms. The SMILES string of the molecule is CCOC(=O)c1oc2ccc(S(=O)(=O)CCc3ccccc3)cc2c1C. The van der Waals surface area contributed by atoms with Crippen LogP contribution in [0.1, 0.15) is 28.6 Å². The van der Waals surface area contributed by atoms with E-state index in [9.17, 15) is 13.2 Å². The maximum Gasteiger partial charge on any atom is 0.374 e. The first-order valence-corrected chi connectivity index (χ1v) is 10.0. The molecule has 0 aliphatic carbocycles. The summed E-state index contributed by atoms with van der Waals surface area (Å²) in [5, 5.41) is 0.605. The number of benzene rings is 2. The Bertz CT molecular complexity index is 1030. The Labute approximate surface area is 152 Å². The van der Waals surface area contributed by atoms with E-state index in [1.165, 1.54) is 6.07 Å². The van der Waals surface area contributed by atoms with Gasteiger partial charge in [0.25, 0.3) is 0 Å². The third kappa shape index (κ3) is 3.65. The summed E-state index contributed by atoms with van der Waals surface area (Å²) in [4.78, 5) is 12.2. The van der Waals surface area contributed by atoms with E-state index in [4.69, 9.17) is 9.15 Å². The van der Waals surface area contributed by atoms with Crippen molar-refractivity contribution in [2.24, 2.45) is 0 Å². The second-order valence-corrected chi connectivity index (χ2v) is 8.10. The highest BCUT2D eigenvalue weighted by molar-refractivity contribution is 7.91. The van der Waals surface area contributed by atoms with Gasteiger partial charge in [-0.1, -0.05) is 30.3 Å². The summed E-state index contributed by atoms with van der Waals surface area (Å²) in [7, 11) is -3.45. The number of aryl methyl sites for hydroxylation is 2. The van der Waals surface area contributed by atoms with Crippen LogP contribution in [0.25, 0.3) is 11.0 Å². The van der Waals surface area contributed by atoms with E-state index >= 15 is 0 Å². The van der Waals surface area contributed by atoms with Gasteiger partial charge in [-0.3, -0.25) is 0 Å². The number of ether oxygens (including phenoxy) is 1. The summed E-state index contributed by atoms with van der Waals surface area (Å²) >= 11 is 0. The van der Waals surface area contributed by atoms with Gasteiger partial charge in [0.15, 0.2) is 9.84 Å². The van der Waals surface area contributed by atoms with E-state index in [-0.39, 0.29) is 23.0 Å². The molecule has 6 heteroatoms. The van der Waals surface area contributed by atoms with Crippen LogP contribution in [0.4, 0.5) is 0 Å². The monoisotopic (exact) mass is 372 g/mol. The summed E-state index contributed by atoms with van der Waals surface area (Å²) in [6.07, 6.45) is 0.444. The molecule has 0 fully saturated rings. The summed E-state index contributed by atoms with van der Waals surface area (Å²) in [5.74, 6) is -0.417. The highest BCUT2D eigenvalue weighted by Crippen LogP contribution is 2.28. The zero-order valence-electron chi connectivity index (χ0n) is 14.7. The lowest BCUT2D eigenvalue weighted by atomic mass is 10.1. The lowest BCUT2D eigenvalue weighted by Gasteiger charge is -2.05. The van der Waals surface area contributed by atoms with Crippen LogP contribution in [0, 0.1) is 6.92 Å². The number of sulfone groups is 1. The van der Waals surface area contributed by atoms with Crippen LogP contribution in [0.15, 0.2) is 57.8 Å². The number of rotatable bonds is 6. The lowest BCUT2D eigenvalue weighted by molar-refractivity contribution is 0.0491. The average molecular weight is 372 g/mol. The molecule has 0 aliphatic heterocycles. The average Bonchev–Trinajstić information content (AvgIpc) is 2.98. The third-order valence-electron chi connectivity index (χ3n) is 4.23. The Morgan fingerprint density at radius 1 is 1.12 bits per heavy atom. The number of carbonyl (C=O) groups excluding carboxylic acids is 1. The van der Waals surface area contributed by atoms with Crippen molar-refractivity contribution in [3.8, 4) is 0 Å². The maximum absolute atomic E-state index is 12.7. The van der Waals surface area contributed by atoms with Crippen LogP contribution >= 0.6 is 0 Å². The van der Waals surface area contributed by atoms with Gasteiger partial charge in [-0.05, 0) is 44.0 Å². The molecule has 0 spiro atoms. The summed E-state index contributed by atoms with van der Waals surface area (Å²) in [6.45, 7) is 3.68. The quantitative estimate of drug-likeness (QED) is 0.613. The Morgan fingerprint density at radius 3 is 2.54 bits per heavy atom. The van der Waals surface area contributed by atoms with Crippen LogP contribution in [0.5, 0.6) is 0 Å². The minimum atomic E-state index is -3.45. The number of furan rings is 1. The molecule has 1 aromatic heterocycles. The van der Waals surface area contributed by atoms with Gasteiger partial charge >= 0.3 is 5.97 Å². The number of hydrogen-bond donors (Lipinski definition) is 0. The van der Waals surface area contributed by atoms with Crippen molar-refractivity contribution in [3.05, 3.63) is 65.4 Å². The Balaban J connectivity index is 1.90. The van der Waals surface area contributed by atoms with Gasteiger partial charge in [0, 0.05) is 10.9 Å². The van der Waals surface area contributed by atoms with Crippen molar-refractivity contribution >= 4 is 26.8 Å². The molecule has 1 heterocycles. The largest absolute Gasteiger partial charge is 0.460 e. The molecule has 3 aromatic rings. The maximum atomic E-state index is 12.7. The standard InChI is InChI=1S/C20H20O5S/c1-3-24-20(21)19-14(2)17-13-16(9-10-18(17)25-19)26(22,23)12-11-15-7-5-4-6-8-15/h4-10,13H,3,11-12H2,1-2H3. The molecule has 0 amide bonds. The molecular formula is C20H20O5S. The van der Waals surface area contributed by atoms with Gasteiger partial charge in [-0.2, -0.15) is 0 Å². The zero-order valence-corrected chi connectivity index (χ0v) is 15.5. The van der Waals surface area contributed by atoms with Crippen molar-refractivity contribution in [2.75, 3.05) is 12.4 Å². The lowest BCUT2D eigenvalue weighted by Crippen LogP contribution is -2.09. The molecule has 0 atom stereocenters. The Hall–Kier alpha value is -2.60. The molecular weight excluding hydrogens is 352 g/mol. The third-order valence-corrected chi connectivity index (χ3v) is 5.94. The van der Waals surface area contributed by atoms with Crippen LogP contribution in [-0.4, -0.2) is 26.7 Å². The summed E-state index contributed by atoms with van der Waals surface area (Å²) in [5.41, 5.74) is 2.02. The molecule has 0 saturated carbocycles. The first-order valence-electron chi connectivity index (χ1n) is 8.39. The van der Waals surface area contributed by atoms with Crippen LogP contribution in [-0.2, 0) is 21.0 Å². The van der Waals surface area contributed by atoms with Gasteiger partial charge in [-0.15, -0.1) is 0 Å². The van der Waals surface area contributed by atoms with Crippen molar-refractivity contribution in [2.45, 2.75) is 25.2 Å². The molecule has 3 rings (SSSR count). The van der Waals surface area contributed by atoms with Gasteiger partial charge in [-0.25, -0.2) is 13.2 Å². The van der Waals surface area contributed by atoms with E-state index in [2.05, 4.69) is 0 Å². The van der Waals surface area contributed by atoms with E-state index in [1.807, 2.05) is 30.3 Å². The molecule has 0 radical (unpaired) electrons. The predicted molar refractivity (Wildman–Crippen MR) is 99.1 cm³/mol. The molecule has 0 aliphatic rings. The Morgan fingerprint density at radius 2 is 1.85 bits per heavy atom. The summed E-state index contributed by atoms with van der Waals surface area (Å²) in [6, 6.07) is 14.2.